The number of hydrogen-bond acceptors (Lipinski definition) is 4. The number of hydrogen-bond donors (Lipinski definition) is 2. The molecule has 0 aromatic heterocycles. The molecule has 1 aliphatic heterocycles. The van der Waals surface area contributed by atoms with Gasteiger partial charge in [0.15, 0.2) is 6.10 Å². The molecule has 0 fully saturated rings. The number of amides is 1. The molecule has 0 bridgehead atoms. The Balaban J connectivity index is 1.87. The van der Waals surface area contributed by atoms with E-state index in [0.29, 0.717) is 11.4 Å². The van der Waals surface area contributed by atoms with Crippen LogP contribution >= 0.6 is 0 Å². The smallest absolute Gasteiger partial charge is 0.265 e. The first-order valence-electron chi connectivity index (χ1n) is 6.75. The third-order valence-electron chi connectivity index (χ3n) is 3.29. The molecule has 1 amide bonds. The second-order valence-corrected chi connectivity index (χ2v) is 6.70. The van der Waals surface area contributed by atoms with Crippen molar-refractivity contribution in [3.05, 3.63) is 48.3 Å². The van der Waals surface area contributed by atoms with E-state index in [2.05, 4.69) is 10.0 Å². The Morgan fingerprint density at radius 2 is 1.87 bits per heavy atom. The van der Waals surface area contributed by atoms with E-state index in [1.54, 1.807) is 13.0 Å². The maximum absolute atomic E-state index is 12.9. The standard InChI is InChI=1S/C15H13FN2O4S/c1-9-15(19)17-13-8-11(4-7-14(13)22-9)18-23(20,21)12-5-2-10(16)3-6-12/h2-9,18H,1H3,(H,17,19)/t9-/m0/s1. The summed E-state index contributed by atoms with van der Waals surface area (Å²) < 4.78 is 45.1. The topological polar surface area (TPSA) is 84.5 Å². The van der Waals surface area contributed by atoms with Crippen molar-refractivity contribution in [2.75, 3.05) is 10.0 Å². The van der Waals surface area contributed by atoms with Crippen LogP contribution < -0.4 is 14.8 Å². The van der Waals surface area contributed by atoms with Gasteiger partial charge in [-0.05, 0) is 49.4 Å². The third-order valence-corrected chi connectivity index (χ3v) is 4.68. The molecule has 1 atom stereocenters. The number of ether oxygens (including phenoxy) is 1. The Morgan fingerprint density at radius 3 is 2.57 bits per heavy atom. The summed E-state index contributed by atoms with van der Waals surface area (Å²) in [7, 11) is -3.85. The number of carbonyl (C=O) groups is 1. The van der Waals surface area contributed by atoms with Gasteiger partial charge in [-0.2, -0.15) is 0 Å². The molecule has 2 aromatic carbocycles. The van der Waals surface area contributed by atoms with Gasteiger partial charge in [-0.3, -0.25) is 9.52 Å². The summed E-state index contributed by atoms with van der Waals surface area (Å²) >= 11 is 0. The van der Waals surface area contributed by atoms with Crippen LogP contribution in [0.4, 0.5) is 15.8 Å². The Hall–Kier alpha value is -2.61. The first-order valence-corrected chi connectivity index (χ1v) is 8.23. The number of sulfonamides is 1. The van der Waals surface area contributed by atoms with Crippen LogP contribution in [0.25, 0.3) is 0 Å². The molecule has 0 spiro atoms. The van der Waals surface area contributed by atoms with E-state index < -0.39 is 21.9 Å². The van der Waals surface area contributed by atoms with Gasteiger partial charge in [0.2, 0.25) is 0 Å². The van der Waals surface area contributed by atoms with Crippen LogP contribution in [0.15, 0.2) is 47.4 Å². The van der Waals surface area contributed by atoms with E-state index in [9.17, 15) is 17.6 Å². The molecule has 23 heavy (non-hydrogen) atoms. The molecule has 6 nitrogen and oxygen atoms in total. The number of rotatable bonds is 3. The van der Waals surface area contributed by atoms with Gasteiger partial charge in [0.25, 0.3) is 15.9 Å². The minimum Gasteiger partial charge on any atom is -0.479 e. The zero-order valence-corrected chi connectivity index (χ0v) is 12.9. The Kier molecular flexibility index (Phi) is 3.69. The van der Waals surface area contributed by atoms with Crippen LogP contribution in [0, 0.1) is 5.82 Å². The van der Waals surface area contributed by atoms with E-state index in [-0.39, 0.29) is 16.5 Å². The Bertz CT molecular complexity index is 866. The van der Waals surface area contributed by atoms with Crippen LogP contribution in [0.3, 0.4) is 0 Å². The zero-order valence-electron chi connectivity index (χ0n) is 12.0. The van der Waals surface area contributed by atoms with Crippen LogP contribution in [0.5, 0.6) is 5.75 Å². The molecule has 0 radical (unpaired) electrons. The summed E-state index contributed by atoms with van der Waals surface area (Å²) in [6.07, 6.45) is -0.607. The number of carbonyl (C=O) groups excluding carboxylic acids is 1. The highest BCUT2D eigenvalue weighted by Crippen LogP contribution is 2.32. The van der Waals surface area contributed by atoms with Gasteiger partial charge in [-0.15, -0.1) is 0 Å². The van der Waals surface area contributed by atoms with Crippen LogP contribution in [0.1, 0.15) is 6.92 Å². The molecular weight excluding hydrogens is 323 g/mol. The SMILES string of the molecule is C[C@@H]1Oc2ccc(NS(=O)(=O)c3ccc(F)cc3)cc2NC1=O. The van der Waals surface area contributed by atoms with E-state index in [1.807, 2.05) is 0 Å². The molecule has 1 aliphatic rings. The van der Waals surface area contributed by atoms with Crippen molar-refractivity contribution in [2.45, 2.75) is 17.9 Å². The maximum Gasteiger partial charge on any atom is 0.265 e. The largest absolute Gasteiger partial charge is 0.479 e. The molecule has 120 valence electrons. The summed E-state index contributed by atoms with van der Waals surface area (Å²) in [6.45, 7) is 1.61. The van der Waals surface area contributed by atoms with Crippen molar-refractivity contribution in [1.29, 1.82) is 0 Å². The molecule has 0 saturated carbocycles. The first kappa shape index (κ1) is 15.3. The molecule has 1 heterocycles. The van der Waals surface area contributed by atoms with Crippen molar-refractivity contribution in [3.8, 4) is 5.75 Å². The minimum atomic E-state index is -3.85. The summed E-state index contributed by atoms with van der Waals surface area (Å²) in [5.41, 5.74) is 0.638. The van der Waals surface area contributed by atoms with Gasteiger partial charge < -0.3 is 10.1 Å². The van der Waals surface area contributed by atoms with E-state index in [4.69, 9.17) is 4.74 Å². The van der Waals surface area contributed by atoms with Crippen LogP contribution in [-0.4, -0.2) is 20.4 Å². The molecule has 0 unspecified atom stereocenters. The number of nitrogens with one attached hydrogen (secondary N) is 2. The molecular formula is C15H13FN2O4S. The van der Waals surface area contributed by atoms with E-state index in [1.165, 1.54) is 24.3 Å². The molecule has 2 N–H and O–H groups in total. The van der Waals surface area contributed by atoms with Crippen molar-refractivity contribution < 1.29 is 22.3 Å². The van der Waals surface area contributed by atoms with Gasteiger partial charge >= 0.3 is 0 Å². The second-order valence-electron chi connectivity index (χ2n) is 5.02. The molecule has 8 heteroatoms. The lowest BCUT2D eigenvalue weighted by molar-refractivity contribution is -0.122. The van der Waals surface area contributed by atoms with Crippen molar-refractivity contribution >= 4 is 27.3 Å². The van der Waals surface area contributed by atoms with E-state index >= 15 is 0 Å². The highest BCUT2D eigenvalue weighted by molar-refractivity contribution is 7.92. The van der Waals surface area contributed by atoms with Crippen LogP contribution in [-0.2, 0) is 14.8 Å². The van der Waals surface area contributed by atoms with Crippen molar-refractivity contribution in [2.24, 2.45) is 0 Å². The normalized spacial score (nSPS) is 17.0. The zero-order chi connectivity index (χ0) is 16.6. The average Bonchev–Trinajstić information content (AvgIpc) is 2.49. The fourth-order valence-corrected chi connectivity index (χ4v) is 3.15. The molecule has 2 aromatic rings. The van der Waals surface area contributed by atoms with Crippen molar-refractivity contribution in [3.63, 3.8) is 0 Å². The van der Waals surface area contributed by atoms with Gasteiger partial charge in [0, 0.05) is 0 Å². The number of anilines is 2. The predicted molar refractivity (Wildman–Crippen MR) is 82.4 cm³/mol. The summed E-state index contributed by atoms with van der Waals surface area (Å²) in [6, 6.07) is 9.01. The lowest BCUT2D eigenvalue weighted by Gasteiger charge is -2.23. The minimum absolute atomic E-state index is 0.0643. The Morgan fingerprint density at radius 1 is 1.17 bits per heavy atom. The number of fused-ring (bicyclic) bond motifs is 1. The average molecular weight is 336 g/mol. The van der Waals surface area contributed by atoms with Gasteiger partial charge in [-0.1, -0.05) is 0 Å². The molecule has 0 aliphatic carbocycles. The van der Waals surface area contributed by atoms with E-state index in [0.717, 1.165) is 12.1 Å². The van der Waals surface area contributed by atoms with Gasteiger partial charge in [0.05, 0.1) is 16.3 Å². The monoisotopic (exact) mass is 336 g/mol. The fourth-order valence-electron chi connectivity index (χ4n) is 2.10. The highest BCUT2D eigenvalue weighted by Gasteiger charge is 2.24. The summed E-state index contributed by atoms with van der Waals surface area (Å²) in [4.78, 5) is 11.5. The number of halogens is 1. The third kappa shape index (κ3) is 3.11. The quantitative estimate of drug-likeness (QED) is 0.901. The lowest BCUT2D eigenvalue weighted by atomic mass is 10.2. The number of benzene rings is 2. The Labute approximate surface area is 132 Å². The van der Waals surface area contributed by atoms with Gasteiger partial charge in [0.1, 0.15) is 11.6 Å². The molecule has 0 saturated heterocycles. The lowest BCUT2D eigenvalue weighted by Crippen LogP contribution is -2.34. The fraction of sp³-hybridized carbons (Fsp3) is 0.133. The maximum atomic E-state index is 12.9. The van der Waals surface area contributed by atoms with Gasteiger partial charge in [-0.25, -0.2) is 12.8 Å². The second kappa shape index (κ2) is 5.54. The van der Waals surface area contributed by atoms with Crippen molar-refractivity contribution in [1.82, 2.24) is 0 Å². The first-order chi connectivity index (χ1) is 10.8. The summed E-state index contributed by atoms with van der Waals surface area (Å²) in [5, 5.41) is 2.63. The molecule has 3 rings (SSSR count). The highest BCUT2D eigenvalue weighted by atomic mass is 32.2. The van der Waals surface area contributed by atoms with Crippen LogP contribution in [0.2, 0.25) is 0 Å². The predicted octanol–water partition coefficient (Wildman–Crippen LogP) is 2.35. The summed E-state index contributed by atoms with van der Waals surface area (Å²) in [5.74, 6) is -0.371.